The molecule has 0 amide bonds. The van der Waals surface area contributed by atoms with Crippen LogP contribution in [0, 0.1) is 11.8 Å². The van der Waals surface area contributed by atoms with Crippen LogP contribution in [0.4, 0.5) is 0 Å². The highest BCUT2D eigenvalue weighted by Crippen LogP contribution is 2.35. The zero-order chi connectivity index (χ0) is 10.7. The molecule has 0 heterocycles. The molecule has 0 N–H and O–H groups in total. The number of rotatable bonds is 1. The molecule has 2 aliphatic rings. The molecule has 2 rings (SSSR count). The van der Waals surface area contributed by atoms with E-state index in [1.165, 1.54) is 44.1 Å². The van der Waals surface area contributed by atoms with Crippen LogP contribution in [0.2, 0.25) is 0 Å². The minimum atomic E-state index is 0.376. The Kier molecular flexibility index (Phi) is 3.61. The molecule has 0 bridgehead atoms. The maximum Gasteiger partial charge on any atom is 0.155 e. The molecule has 1 nitrogen and oxygen atoms in total. The molecule has 0 aromatic carbocycles. The second-order valence-electron chi connectivity index (χ2n) is 5.35. The lowest BCUT2D eigenvalue weighted by Gasteiger charge is -2.28. The van der Waals surface area contributed by atoms with Gasteiger partial charge in [0.1, 0.15) is 0 Å². The highest BCUT2D eigenvalue weighted by atomic mass is 16.1. The van der Waals surface area contributed by atoms with Crippen LogP contribution in [0.5, 0.6) is 0 Å². The highest BCUT2D eigenvalue weighted by molar-refractivity contribution is 5.90. The summed E-state index contributed by atoms with van der Waals surface area (Å²) < 4.78 is 0. The van der Waals surface area contributed by atoms with Crippen molar-refractivity contribution in [2.24, 2.45) is 11.8 Å². The van der Waals surface area contributed by atoms with Crippen molar-refractivity contribution in [1.82, 2.24) is 0 Å². The molecule has 0 spiro atoms. The van der Waals surface area contributed by atoms with Crippen LogP contribution in [-0.2, 0) is 4.79 Å². The van der Waals surface area contributed by atoms with Crippen LogP contribution in [0.1, 0.15) is 58.3 Å². The summed E-state index contributed by atoms with van der Waals surface area (Å²) in [4.78, 5) is 11.5. The van der Waals surface area contributed by atoms with E-state index in [0.717, 1.165) is 24.7 Å². The molecule has 1 heteroatoms. The summed E-state index contributed by atoms with van der Waals surface area (Å²) in [5.74, 6) is 2.02. The molecule has 84 valence electrons. The molecular weight excluding hydrogens is 184 g/mol. The number of carbonyl (C=O) groups excluding carboxylic acids is 1. The first-order valence-corrected chi connectivity index (χ1v) is 6.49. The van der Waals surface area contributed by atoms with Crippen molar-refractivity contribution in [1.29, 1.82) is 0 Å². The zero-order valence-corrected chi connectivity index (χ0v) is 9.80. The van der Waals surface area contributed by atoms with Crippen LogP contribution in [0.15, 0.2) is 11.6 Å². The number of ketones is 1. The summed E-state index contributed by atoms with van der Waals surface area (Å²) in [6.45, 7) is 2.35. The minimum absolute atomic E-state index is 0.376. The van der Waals surface area contributed by atoms with Crippen LogP contribution < -0.4 is 0 Å². The number of hydrogen-bond acceptors (Lipinski definition) is 1. The van der Waals surface area contributed by atoms with E-state index in [9.17, 15) is 4.79 Å². The van der Waals surface area contributed by atoms with Crippen molar-refractivity contribution in [2.45, 2.75) is 58.3 Å². The topological polar surface area (TPSA) is 17.1 Å². The molecule has 0 radical (unpaired) electrons. The third-order valence-electron chi connectivity index (χ3n) is 4.03. The molecule has 2 aliphatic carbocycles. The first kappa shape index (κ1) is 10.9. The summed E-state index contributed by atoms with van der Waals surface area (Å²) in [7, 11) is 0. The Labute approximate surface area is 92.9 Å². The van der Waals surface area contributed by atoms with Crippen molar-refractivity contribution >= 4 is 5.78 Å². The molecule has 0 atom stereocenters. The lowest BCUT2D eigenvalue weighted by molar-refractivity contribution is -0.114. The van der Waals surface area contributed by atoms with Gasteiger partial charge in [0.15, 0.2) is 5.78 Å². The van der Waals surface area contributed by atoms with E-state index >= 15 is 0 Å². The van der Waals surface area contributed by atoms with E-state index in [4.69, 9.17) is 0 Å². The van der Waals surface area contributed by atoms with E-state index in [1.54, 1.807) is 0 Å². The quantitative estimate of drug-likeness (QED) is 0.636. The number of allylic oxidation sites excluding steroid dienone is 2. The van der Waals surface area contributed by atoms with Crippen molar-refractivity contribution < 1.29 is 4.79 Å². The monoisotopic (exact) mass is 206 g/mol. The maximum absolute atomic E-state index is 11.5. The third-order valence-corrected chi connectivity index (χ3v) is 4.03. The number of carbonyl (C=O) groups is 1. The summed E-state index contributed by atoms with van der Waals surface area (Å²) in [6, 6.07) is 0. The van der Waals surface area contributed by atoms with Crippen LogP contribution >= 0.6 is 0 Å². The maximum atomic E-state index is 11.5. The summed E-state index contributed by atoms with van der Waals surface area (Å²) >= 11 is 0. The Morgan fingerprint density at radius 3 is 2.47 bits per heavy atom. The fourth-order valence-electron chi connectivity index (χ4n) is 2.93. The van der Waals surface area contributed by atoms with E-state index in [0.29, 0.717) is 5.78 Å². The van der Waals surface area contributed by atoms with E-state index in [2.05, 4.69) is 6.92 Å². The Morgan fingerprint density at radius 2 is 1.73 bits per heavy atom. The fraction of sp³-hybridized carbons (Fsp3) is 0.786. The smallest absolute Gasteiger partial charge is 0.155 e. The van der Waals surface area contributed by atoms with Gasteiger partial charge in [0.2, 0.25) is 0 Å². The normalized spacial score (nSPS) is 33.4. The standard InChI is InChI=1S/C14H22O/c1-11-6-8-12(9-7-11)13-4-2-3-5-14(15)10-13/h10-12H,2-9H2,1H3. The van der Waals surface area contributed by atoms with Gasteiger partial charge < -0.3 is 0 Å². The van der Waals surface area contributed by atoms with Gasteiger partial charge in [-0.3, -0.25) is 4.79 Å². The van der Waals surface area contributed by atoms with Gasteiger partial charge >= 0.3 is 0 Å². The van der Waals surface area contributed by atoms with Gasteiger partial charge in [-0.05, 0) is 50.0 Å². The predicted molar refractivity (Wildman–Crippen MR) is 62.7 cm³/mol. The molecule has 0 aliphatic heterocycles. The molecule has 1 fully saturated rings. The van der Waals surface area contributed by atoms with Crippen molar-refractivity contribution in [3.05, 3.63) is 11.6 Å². The van der Waals surface area contributed by atoms with E-state index in [1.807, 2.05) is 6.08 Å². The largest absolute Gasteiger partial charge is 0.295 e. The Hall–Kier alpha value is -0.590. The summed E-state index contributed by atoms with van der Waals surface area (Å²) in [6.07, 6.45) is 11.6. The second-order valence-corrected chi connectivity index (χ2v) is 5.35. The SMILES string of the molecule is CC1CCC(C2=CC(=O)CCCC2)CC1. The van der Waals surface area contributed by atoms with Gasteiger partial charge in [0.25, 0.3) is 0 Å². The molecule has 1 saturated carbocycles. The van der Waals surface area contributed by atoms with Gasteiger partial charge in [-0.1, -0.05) is 25.3 Å². The molecule has 15 heavy (non-hydrogen) atoms. The lowest BCUT2D eigenvalue weighted by Crippen LogP contribution is -2.14. The fourth-order valence-corrected chi connectivity index (χ4v) is 2.93. The molecular formula is C14H22O. The van der Waals surface area contributed by atoms with Crippen molar-refractivity contribution in [3.8, 4) is 0 Å². The molecule has 0 saturated heterocycles. The Bertz CT molecular complexity index is 257. The van der Waals surface area contributed by atoms with E-state index in [-0.39, 0.29) is 0 Å². The molecule has 0 aromatic rings. The first-order chi connectivity index (χ1) is 7.25. The minimum Gasteiger partial charge on any atom is -0.295 e. The third kappa shape index (κ3) is 2.93. The van der Waals surface area contributed by atoms with Gasteiger partial charge in [-0.25, -0.2) is 0 Å². The van der Waals surface area contributed by atoms with Gasteiger partial charge in [-0.15, -0.1) is 0 Å². The van der Waals surface area contributed by atoms with Gasteiger partial charge in [0, 0.05) is 6.42 Å². The Morgan fingerprint density at radius 1 is 1.07 bits per heavy atom. The van der Waals surface area contributed by atoms with Gasteiger partial charge in [-0.2, -0.15) is 0 Å². The van der Waals surface area contributed by atoms with Gasteiger partial charge in [0.05, 0.1) is 0 Å². The lowest BCUT2D eigenvalue weighted by atomic mass is 9.78. The van der Waals surface area contributed by atoms with Crippen LogP contribution in [-0.4, -0.2) is 5.78 Å². The second kappa shape index (κ2) is 4.96. The predicted octanol–water partition coefficient (Wildman–Crippen LogP) is 3.88. The van der Waals surface area contributed by atoms with Crippen molar-refractivity contribution in [2.75, 3.05) is 0 Å². The average molecular weight is 206 g/mol. The summed E-state index contributed by atoms with van der Waals surface area (Å²) in [5, 5.41) is 0. The van der Waals surface area contributed by atoms with Crippen LogP contribution in [0.25, 0.3) is 0 Å². The summed E-state index contributed by atoms with van der Waals surface area (Å²) in [5.41, 5.74) is 1.48. The highest BCUT2D eigenvalue weighted by Gasteiger charge is 2.22. The van der Waals surface area contributed by atoms with E-state index < -0.39 is 0 Å². The van der Waals surface area contributed by atoms with Crippen LogP contribution in [0.3, 0.4) is 0 Å². The Balaban J connectivity index is 1.99. The van der Waals surface area contributed by atoms with Crippen molar-refractivity contribution in [3.63, 3.8) is 0 Å². The average Bonchev–Trinajstić information content (AvgIpc) is 2.44. The molecule has 0 unspecified atom stereocenters. The first-order valence-electron chi connectivity index (χ1n) is 6.49. The zero-order valence-electron chi connectivity index (χ0n) is 9.80. The molecule has 0 aromatic heterocycles. The number of hydrogen-bond donors (Lipinski definition) is 0.